The number of nitrogens with zero attached hydrogens (tertiary/aromatic N) is 3. The number of aryl methyl sites for hydroxylation is 1. The van der Waals surface area contributed by atoms with Crippen LogP contribution in [0.3, 0.4) is 0 Å². The minimum absolute atomic E-state index is 0.0930. The van der Waals surface area contributed by atoms with E-state index in [1.807, 2.05) is 31.2 Å². The fourth-order valence-corrected chi connectivity index (χ4v) is 1.77. The SMILES string of the molecule is Cc1cccc(-c2nccc(N(C)CC(=O)O)n2)c1. The Balaban J connectivity index is 2.31. The topological polar surface area (TPSA) is 66.3 Å². The molecule has 5 heteroatoms. The molecule has 0 saturated carbocycles. The van der Waals surface area contributed by atoms with Crippen molar-refractivity contribution >= 4 is 11.8 Å². The molecule has 0 aliphatic heterocycles. The van der Waals surface area contributed by atoms with E-state index in [-0.39, 0.29) is 6.54 Å². The molecule has 1 N–H and O–H groups in total. The number of aliphatic carboxylic acids is 1. The number of hydrogen-bond donors (Lipinski definition) is 1. The van der Waals surface area contributed by atoms with E-state index >= 15 is 0 Å². The van der Waals surface area contributed by atoms with E-state index in [0.29, 0.717) is 11.6 Å². The number of hydrogen-bond acceptors (Lipinski definition) is 4. The Hall–Kier alpha value is -2.43. The minimum atomic E-state index is -0.891. The zero-order chi connectivity index (χ0) is 13.8. The molecule has 1 aromatic heterocycles. The summed E-state index contributed by atoms with van der Waals surface area (Å²) in [7, 11) is 1.69. The van der Waals surface area contributed by atoms with Crippen molar-refractivity contribution < 1.29 is 9.90 Å². The summed E-state index contributed by atoms with van der Waals surface area (Å²) in [6.07, 6.45) is 1.64. The maximum atomic E-state index is 10.7. The Bertz CT molecular complexity index is 599. The Morgan fingerprint density at radius 3 is 2.84 bits per heavy atom. The van der Waals surface area contributed by atoms with Gasteiger partial charge in [-0.1, -0.05) is 23.8 Å². The number of carboxylic acids is 1. The molecule has 1 heterocycles. The monoisotopic (exact) mass is 257 g/mol. The lowest BCUT2D eigenvalue weighted by Crippen LogP contribution is -2.26. The van der Waals surface area contributed by atoms with Gasteiger partial charge in [0.2, 0.25) is 0 Å². The average Bonchev–Trinajstić information content (AvgIpc) is 2.38. The third-order valence-corrected chi connectivity index (χ3v) is 2.68. The summed E-state index contributed by atoms with van der Waals surface area (Å²) < 4.78 is 0. The van der Waals surface area contributed by atoms with Gasteiger partial charge in [-0.05, 0) is 19.1 Å². The second-order valence-corrected chi connectivity index (χ2v) is 4.36. The molecule has 0 bridgehead atoms. The number of carboxylic acid groups (broad SMARTS) is 1. The first-order chi connectivity index (χ1) is 9.06. The predicted molar refractivity (Wildman–Crippen MR) is 73.1 cm³/mol. The quantitative estimate of drug-likeness (QED) is 0.907. The second kappa shape index (κ2) is 5.48. The predicted octanol–water partition coefficient (Wildman–Crippen LogP) is 1.97. The molecule has 2 rings (SSSR count). The van der Waals surface area contributed by atoms with Crippen molar-refractivity contribution in [3.05, 3.63) is 42.1 Å². The summed E-state index contributed by atoms with van der Waals surface area (Å²) in [5, 5.41) is 8.78. The van der Waals surface area contributed by atoms with Crippen molar-refractivity contribution in [3.63, 3.8) is 0 Å². The zero-order valence-corrected chi connectivity index (χ0v) is 10.9. The van der Waals surface area contributed by atoms with Crippen LogP contribution in [0.1, 0.15) is 5.56 Å². The molecule has 98 valence electrons. The molecular weight excluding hydrogens is 242 g/mol. The average molecular weight is 257 g/mol. The highest BCUT2D eigenvalue weighted by Gasteiger charge is 2.09. The van der Waals surface area contributed by atoms with Gasteiger partial charge in [0, 0.05) is 18.8 Å². The van der Waals surface area contributed by atoms with E-state index < -0.39 is 5.97 Å². The highest BCUT2D eigenvalue weighted by Crippen LogP contribution is 2.18. The summed E-state index contributed by atoms with van der Waals surface area (Å²) in [6.45, 7) is 1.91. The third-order valence-electron chi connectivity index (χ3n) is 2.68. The maximum absolute atomic E-state index is 10.7. The molecule has 0 saturated heterocycles. The van der Waals surface area contributed by atoms with Gasteiger partial charge in [0.1, 0.15) is 12.4 Å². The highest BCUT2D eigenvalue weighted by atomic mass is 16.4. The Morgan fingerprint density at radius 2 is 2.16 bits per heavy atom. The van der Waals surface area contributed by atoms with Gasteiger partial charge < -0.3 is 10.0 Å². The van der Waals surface area contributed by atoms with Crippen molar-refractivity contribution in [2.45, 2.75) is 6.92 Å². The molecule has 0 aliphatic rings. The lowest BCUT2D eigenvalue weighted by molar-refractivity contribution is -0.135. The van der Waals surface area contributed by atoms with E-state index in [1.165, 1.54) is 0 Å². The van der Waals surface area contributed by atoms with Crippen molar-refractivity contribution in [3.8, 4) is 11.4 Å². The maximum Gasteiger partial charge on any atom is 0.323 e. The van der Waals surface area contributed by atoms with Crippen molar-refractivity contribution in [2.24, 2.45) is 0 Å². The van der Waals surface area contributed by atoms with Crippen LogP contribution >= 0.6 is 0 Å². The molecule has 19 heavy (non-hydrogen) atoms. The van der Waals surface area contributed by atoms with Gasteiger partial charge >= 0.3 is 5.97 Å². The van der Waals surface area contributed by atoms with E-state index in [0.717, 1.165) is 11.1 Å². The normalized spacial score (nSPS) is 10.2. The molecular formula is C14H15N3O2. The Kier molecular flexibility index (Phi) is 3.75. The van der Waals surface area contributed by atoms with Crippen LogP contribution in [0.4, 0.5) is 5.82 Å². The number of anilines is 1. The minimum Gasteiger partial charge on any atom is -0.480 e. The second-order valence-electron chi connectivity index (χ2n) is 4.36. The molecule has 0 amide bonds. The van der Waals surface area contributed by atoms with Gasteiger partial charge in [0.05, 0.1) is 0 Å². The number of aromatic nitrogens is 2. The van der Waals surface area contributed by atoms with Gasteiger partial charge in [0.15, 0.2) is 5.82 Å². The lowest BCUT2D eigenvalue weighted by atomic mass is 10.1. The van der Waals surface area contributed by atoms with E-state index in [1.54, 1.807) is 24.2 Å². The molecule has 0 unspecified atom stereocenters. The zero-order valence-electron chi connectivity index (χ0n) is 10.9. The van der Waals surface area contributed by atoms with Crippen LogP contribution in [0.25, 0.3) is 11.4 Å². The summed E-state index contributed by atoms with van der Waals surface area (Å²) in [5.41, 5.74) is 2.05. The van der Waals surface area contributed by atoms with Crippen LogP contribution < -0.4 is 4.90 Å². The van der Waals surface area contributed by atoms with Gasteiger partial charge in [-0.15, -0.1) is 0 Å². The van der Waals surface area contributed by atoms with Crippen molar-refractivity contribution in [2.75, 3.05) is 18.5 Å². The lowest BCUT2D eigenvalue weighted by Gasteiger charge is -2.15. The summed E-state index contributed by atoms with van der Waals surface area (Å²) in [5.74, 6) is 0.297. The molecule has 5 nitrogen and oxygen atoms in total. The molecule has 2 aromatic rings. The van der Waals surface area contributed by atoms with E-state index in [2.05, 4.69) is 9.97 Å². The number of benzene rings is 1. The molecule has 1 aromatic carbocycles. The summed E-state index contributed by atoms with van der Waals surface area (Å²) in [6, 6.07) is 9.58. The Labute approximate surface area is 111 Å². The molecule has 0 radical (unpaired) electrons. The van der Waals surface area contributed by atoms with Gasteiger partial charge in [-0.25, -0.2) is 9.97 Å². The number of carbonyl (C=O) groups is 1. The van der Waals surface area contributed by atoms with Crippen LogP contribution in [0, 0.1) is 6.92 Å². The van der Waals surface area contributed by atoms with Gasteiger partial charge in [-0.3, -0.25) is 4.79 Å². The summed E-state index contributed by atoms with van der Waals surface area (Å²) in [4.78, 5) is 20.9. The first kappa shape index (κ1) is 13.0. The molecule has 0 aliphatic carbocycles. The molecule has 0 spiro atoms. The van der Waals surface area contributed by atoms with Crippen LogP contribution in [0.15, 0.2) is 36.5 Å². The van der Waals surface area contributed by atoms with Crippen molar-refractivity contribution in [1.82, 2.24) is 9.97 Å². The van der Waals surface area contributed by atoms with E-state index in [9.17, 15) is 4.79 Å². The standard InChI is InChI=1S/C14H15N3O2/c1-10-4-3-5-11(8-10)14-15-7-6-12(16-14)17(2)9-13(18)19/h3-8H,9H2,1-2H3,(H,18,19). The molecule has 0 atom stereocenters. The fourth-order valence-electron chi connectivity index (χ4n) is 1.77. The third kappa shape index (κ3) is 3.28. The van der Waals surface area contributed by atoms with Crippen LogP contribution in [0.5, 0.6) is 0 Å². The first-order valence-electron chi connectivity index (χ1n) is 5.89. The van der Waals surface area contributed by atoms with Crippen LogP contribution in [-0.4, -0.2) is 34.6 Å². The van der Waals surface area contributed by atoms with E-state index in [4.69, 9.17) is 5.11 Å². The van der Waals surface area contributed by atoms with Crippen LogP contribution in [-0.2, 0) is 4.79 Å². The molecule has 0 fully saturated rings. The smallest absolute Gasteiger partial charge is 0.323 e. The van der Waals surface area contributed by atoms with Gasteiger partial charge in [0.25, 0.3) is 0 Å². The van der Waals surface area contributed by atoms with Crippen LogP contribution in [0.2, 0.25) is 0 Å². The highest BCUT2D eigenvalue weighted by molar-refractivity contribution is 5.73. The Morgan fingerprint density at radius 1 is 1.37 bits per heavy atom. The number of rotatable bonds is 4. The summed E-state index contributed by atoms with van der Waals surface area (Å²) >= 11 is 0. The van der Waals surface area contributed by atoms with Gasteiger partial charge in [-0.2, -0.15) is 0 Å². The number of likely N-dealkylation sites (N-methyl/N-ethyl adjacent to an activating group) is 1. The van der Waals surface area contributed by atoms with Crippen molar-refractivity contribution in [1.29, 1.82) is 0 Å². The first-order valence-corrected chi connectivity index (χ1v) is 5.89. The fraction of sp³-hybridized carbons (Fsp3) is 0.214. The largest absolute Gasteiger partial charge is 0.480 e.